The van der Waals surface area contributed by atoms with Crippen LogP contribution < -0.4 is 15.4 Å². The van der Waals surface area contributed by atoms with Crippen molar-refractivity contribution in [3.63, 3.8) is 0 Å². The van der Waals surface area contributed by atoms with Crippen LogP contribution in [0.15, 0.2) is 72.8 Å². The molecule has 3 rings (SSSR count). The Hall–Kier alpha value is -3.65. The van der Waals surface area contributed by atoms with Gasteiger partial charge in [-0.1, -0.05) is 42.0 Å². The molecule has 0 saturated heterocycles. The van der Waals surface area contributed by atoms with Crippen LogP contribution in [0.3, 0.4) is 0 Å². The van der Waals surface area contributed by atoms with E-state index >= 15 is 0 Å². The molecule has 0 spiro atoms. The van der Waals surface area contributed by atoms with Crippen molar-refractivity contribution in [1.29, 1.82) is 0 Å². The number of carbonyl (C=O) groups excluding carboxylic acids is 2. The second-order valence-corrected chi connectivity index (χ2v) is 9.07. The lowest BCUT2D eigenvalue weighted by atomic mass is 10.1. The maximum absolute atomic E-state index is 12.6. The van der Waals surface area contributed by atoms with Gasteiger partial charge in [-0.2, -0.15) is 0 Å². The van der Waals surface area contributed by atoms with Crippen LogP contribution in [-0.2, 0) is 16.6 Å². The highest BCUT2D eigenvalue weighted by Crippen LogP contribution is 2.22. The molecule has 0 atom stereocenters. The third kappa shape index (κ3) is 5.49. The zero-order valence-electron chi connectivity index (χ0n) is 17.2. The van der Waals surface area contributed by atoms with Gasteiger partial charge in [-0.3, -0.25) is 13.9 Å². The zero-order valence-corrected chi connectivity index (χ0v) is 18.0. The van der Waals surface area contributed by atoms with Crippen LogP contribution in [0.1, 0.15) is 31.8 Å². The van der Waals surface area contributed by atoms with Crippen molar-refractivity contribution in [2.45, 2.75) is 13.5 Å². The summed E-state index contributed by atoms with van der Waals surface area (Å²) >= 11 is 0. The van der Waals surface area contributed by atoms with E-state index in [0.29, 0.717) is 16.9 Å². The van der Waals surface area contributed by atoms with Crippen molar-refractivity contribution >= 4 is 33.2 Å². The number of hydrogen-bond donors (Lipinski definition) is 2. The average Bonchev–Trinajstić information content (AvgIpc) is 2.73. The molecule has 0 unspecified atom stereocenters. The normalized spacial score (nSPS) is 11.0. The van der Waals surface area contributed by atoms with Crippen LogP contribution in [0, 0.1) is 6.92 Å². The molecule has 2 amide bonds. The molecule has 160 valence electrons. The second-order valence-electron chi connectivity index (χ2n) is 7.17. The summed E-state index contributed by atoms with van der Waals surface area (Å²) in [6, 6.07) is 20.3. The van der Waals surface area contributed by atoms with Gasteiger partial charge in [0.1, 0.15) is 0 Å². The molecule has 0 aliphatic heterocycles. The number of aryl methyl sites for hydroxylation is 1. The van der Waals surface area contributed by atoms with E-state index in [1.165, 1.54) is 22.5 Å². The summed E-state index contributed by atoms with van der Waals surface area (Å²) in [5.41, 5.74) is 8.54. The van der Waals surface area contributed by atoms with E-state index in [2.05, 4.69) is 5.32 Å². The Balaban J connectivity index is 1.82. The van der Waals surface area contributed by atoms with Crippen LogP contribution in [-0.4, -0.2) is 26.5 Å². The number of sulfonamides is 1. The fourth-order valence-electron chi connectivity index (χ4n) is 3.04. The van der Waals surface area contributed by atoms with E-state index in [0.717, 1.165) is 17.4 Å². The minimum absolute atomic E-state index is 0.177. The highest BCUT2D eigenvalue weighted by molar-refractivity contribution is 7.92. The summed E-state index contributed by atoms with van der Waals surface area (Å²) in [5, 5.41) is 2.66. The van der Waals surface area contributed by atoms with Crippen molar-refractivity contribution in [2.75, 3.05) is 15.9 Å². The van der Waals surface area contributed by atoms with E-state index in [1.54, 1.807) is 30.3 Å². The first-order chi connectivity index (χ1) is 14.6. The van der Waals surface area contributed by atoms with Crippen molar-refractivity contribution in [1.82, 2.24) is 0 Å². The Kier molecular flexibility index (Phi) is 6.41. The quantitative estimate of drug-likeness (QED) is 0.591. The highest BCUT2D eigenvalue weighted by atomic mass is 32.2. The molecule has 0 aliphatic rings. The van der Waals surface area contributed by atoms with E-state index in [-0.39, 0.29) is 12.1 Å². The number of carbonyl (C=O) groups is 2. The number of amides is 2. The van der Waals surface area contributed by atoms with Gasteiger partial charge in [0.2, 0.25) is 10.0 Å². The number of hydrogen-bond acceptors (Lipinski definition) is 4. The number of nitrogens with zero attached hydrogens (tertiary/aromatic N) is 1. The molecule has 3 aromatic rings. The van der Waals surface area contributed by atoms with E-state index < -0.39 is 21.8 Å². The van der Waals surface area contributed by atoms with Crippen LogP contribution in [0.25, 0.3) is 0 Å². The van der Waals surface area contributed by atoms with Crippen molar-refractivity contribution in [3.05, 3.63) is 95.1 Å². The summed E-state index contributed by atoms with van der Waals surface area (Å²) in [6.45, 7) is 2.14. The maximum Gasteiger partial charge on any atom is 0.255 e. The third-order valence-corrected chi connectivity index (χ3v) is 5.85. The molecule has 3 N–H and O–H groups in total. The zero-order chi connectivity index (χ0) is 22.6. The van der Waals surface area contributed by atoms with Gasteiger partial charge in [-0.15, -0.1) is 0 Å². The molecule has 0 fully saturated rings. The highest BCUT2D eigenvalue weighted by Gasteiger charge is 2.19. The fraction of sp³-hybridized carbons (Fsp3) is 0.130. The van der Waals surface area contributed by atoms with Crippen LogP contribution in [0.5, 0.6) is 0 Å². The first kappa shape index (κ1) is 22.0. The van der Waals surface area contributed by atoms with Crippen LogP contribution >= 0.6 is 0 Å². The topological polar surface area (TPSA) is 110 Å². The molecule has 0 bridgehead atoms. The lowest BCUT2D eigenvalue weighted by molar-refractivity contribution is 0.100. The van der Waals surface area contributed by atoms with E-state index in [4.69, 9.17) is 5.73 Å². The maximum atomic E-state index is 12.6. The lowest BCUT2D eigenvalue weighted by Crippen LogP contribution is -2.29. The van der Waals surface area contributed by atoms with Crippen molar-refractivity contribution < 1.29 is 18.0 Å². The summed E-state index contributed by atoms with van der Waals surface area (Å²) < 4.78 is 26.0. The standard InChI is InChI=1S/C23H23N3O4S/c1-16-7-9-17(10-8-16)15-26(31(2,29)30)19-13-11-18(12-14-19)23(28)25-21-6-4-3-5-20(21)22(24)27/h3-14H,15H2,1-2H3,(H2,24,27)(H,25,28). The Morgan fingerprint density at radius 2 is 1.55 bits per heavy atom. The number of primary amides is 1. The van der Waals surface area contributed by atoms with Gasteiger partial charge >= 0.3 is 0 Å². The first-order valence-corrected chi connectivity index (χ1v) is 11.3. The molecule has 0 saturated carbocycles. The summed E-state index contributed by atoms with van der Waals surface area (Å²) in [4.78, 5) is 24.1. The number of para-hydroxylation sites is 1. The molecule has 0 heterocycles. The van der Waals surface area contributed by atoms with Crippen LogP contribution in [0.4, 0.5) is 11.4 Å². The number of nitrogens with one attached hydrogen (secondary N) is 1. The predicted octanol–water partition coefficient (Wildman–Crippen LogP) is 3.31. The van der Waals surface area contributed by atoms with Crippen molar-refractivity contribution in [3.8, 4) is 0 Å². The van der Waals surface area contributed by atoms with Gasteiger partial charge in [0, 0.05) is 5.56 Å². The Morgan fingerprint density at radius 3 is 2.13 bits per heavy atom. The van der Waals surface area contributed by atoms with Gasteiger partial charge < -0.3 is 11.1 Å². The smallest absolute Gasteiger partial charge is 0.255 e. The number of rotatable bonds is 7. The van der Waals surface area contributed by atoms with Gasteiger partial charge in [0.05, 0.1) is 29.7 Å². The van der Waals surface area contributed by atoms with Gasteiger partial charge in [0.25, 0.3) is 11.8 Å². The molecule has 3 aromatic carbocycles. The predicted molar refractivity (Wildman–Crippen MR) is 122 cm³/mol. The molecular formula is C23H23N3O4S. The monoisotopic (exact) mass is 437 g/mol. The van der Waals surface area contributed by atoms with Crippen LogP contribution in [0.2, 0.25) is 0 Å². The molecule has 8 heteroatoms. The van der Waals surface area contributed by atoms with Gasteiger partial charge in [0.15, 0.2) is 0 Å². The number of nitrogens with two attached hydrogens (primary N) is 1. The Labute approximate surface area is 181 Å². The minimum atomic E-state index is -3.54. The first-order valence-electron chi connectivity index (χ1n) is 9.48. The van der Waals surface area contributed by atoms with Gasteiger partial charge in [-0.05, 0) is 48.9 Å². The van der Waals surface area contributed by atoms with Gasteiger partial charge in [-0.25, -0.2) is 8.42 Å². The van der Waals surface area contributed by atoms with E-state index in [1.807, 2.05) is 31.2 Å². The number of anilines is 2. The molecule has 0 aromatic heterocycles. The fourth-order valence-corrected chi connectivity index (χ4v) is 3.93. The summed E-state index contributed by atoms with van der Waals surface area (Å²) in [7, 11) is -3.54. The average molecular weight is 438 g/mol. The summed E-state index contributed by atoms with van der Waals surface area (Å²) in [6.07, 6.45) is 1.14. The SMILES string of the molecule is Cc1ccc(CN(c2ccc(C(=O)Nc3ccccc3C(N)=O)cc2)S(C)(=O)=O)cc1. The molecule has 7 nitrogen and oxygen atoms in total. The lowest BCUT2D eigenvalue weighted by Gasteiger charge is -2.23. The number of benzene rings is 3. The Bertz CT molecular complexity index is 1200. The minimum Gasteiger partial charge on any atom is -0.366 e. The Morgan fingerprint density at radius 1 is 0.935 bits per heavy atom. The van der Waals surface area contributed by atoms with E-state index in [9.17, 15) is 18.0 Å². The summed E-state index contributed by atoms with van der Waals surface area (Å²) in [5.74, 6) is -1.09. The molecular weight excluding hydrogens is 414 g/mol. The molecule has 0 radical (unpaired) electrons. The van der Waals surface area contributed by atoms with Crippen molar-refractivity contribution in [2.24, 2.45) is 5.73 Å². The molecule has 0 aliphatic carbocycles. The second kappa shape index (κ2) is 9.01. The third-order valence-electron chi connectivity index (χ3n) is 4.71. The largest absolute Gasteiger partial charge is 0.366 e. The molecule has 31 heavy (non-hydrogen) atoms.